The summed E-state index contributed by atoms with van der Waals surface area (Å²) in [6.45, 7) is 8.79. The molecule has 0 heterocycles. The summed E-state index contributed by atoms with van der Waals surface area (Å²) >= 11 is 0. The molecule has 0 aliphatic rings. The highest BCUT2D eigenvalue weighted by Gasteiger charge is 2.18. The van der Waals surface area contributed by atoms with Crippen molar-refractivity contribution in [2.24, 2.45) is 5.92 Å². The Hall–Kier alpha value is -1.57. The summed E-state index contributed by atoms with van der Waals surface area (Å²) in [5.74, 6) is 0.491. The second kappa shape index (κ2) is 12.2. The van der Waals surface area contributed by atoms with Gasteiger partial charge < -0.3 is 5.11 Å². The lowest BCUT2D eigenvalue weighted by Crippen LogP contribution is -2.15. The van der Waals surface area contributed by atoms with Gasteiger partial charge in [-0.05, 0) is 12.8 Å². The molecule has 0 bridgehead atoms. The van der Waals surface area contributed by atoms with Crippen molar-refractivity contribution in [1.29, 1.82) is 0 Å². The van der Waals surface area contributed by atoms with E-state index in [1.54, 1.807) is 0 Å². The number of ketones is 1. The normalized spacial score (nSPS) is 9.90. The molecule has 0 radical (unpaired) electrons. The van der Waals surface area contributed by atoms with Crippen LogP contribution < -0.4 is 5.11 Å². The molecular weight excluding hydrogens is 260 g/mol. The van der Waals surface area contributed by atoms with E-state index in [2.05, 4.69) is 20.4 Å². The van der Waals surface area contributed by atoms with Gasteiger partial charge >= 0.3 is 0 Å². The van der Waals surface area contributed by atoms with Crippen LogP contribution in [0.1, 0.15) is 69.7 Å². The van der Waals surface area contributed by atoms with Gasteiger partial charge in [0.2, 0.25) is 0 Å². The topological polar surface area (TPSA) is 40.1 Å². The summed E-state index contributed by atoms with van der Waals surface area (Å²) in [6.07, 6.45) is 6.75. The number of hydrogen-bond acceptors (Lipinski definition) is 2. The Morgan fingerprint density at radius 3 is 1.90 bits per heavy atom. The fourth-order valence-electron chi connectivity index (χ4n) is 2.15. The van der Waals surface area contributed by atoms with Crippen molar-refractivity contribution in [3.8, 4) is 0 Å². The second-order valence-corrected chi connectivity index (χ2v) is 5.41. The number of rotatable bonds is 8. The zero-order valence-corrected chi connectivity index (χ0v) is 13.7. The van der Waals surface area contributed by atoms with Crippen LogP contribution in [0.3, 0.4) is 0 Å². The molecule has 1 aromatic carbocycles. The van der Waals surface area contributed by atoms with Crippen LogP contribution >= 0.6 is 0 Å². The second-order valence-electron chi connectivity index (χ2n) is 5.41. The molecule has 21 heavy (non-hydrogen) atoms. The first-order valence-electron chi connectivity index (χ1n) is 7.94. The smallest absolute Gasteiger partial charge is 0.165 e. The van der Waals surface area contributed by atoms with Crippen molar-refractivity contribution in [3.05, 3.63) is 48.2 Å². The van der Waals surface area contributed by atoms with Crippen molar-refractivity contribution in [1.82, 2.24) is 0 Å². The number of allylic oxidation sites excluding steroid dienone is 1. The number of Topliss-reactive ketones (excluding diaryl/α,β-unsaturated/α-hetero) is 1. The third-order valence-electron chi connectivity index (χ3n) is 3.24. The fourth-order valence-corrected chi connectivity index (χ4v) is 2.15. The van der Waals surface area contributed by atoms with E-state index < -0.39 is 0 Å². The van der Waals surface area contributed by atoms with Gasteiger partial charge in [-0.3, -0.25) is 4.79 Å². The lowest BCUT2D eigenvalue weighted by Gasteiger charge is -2.15. The monoisotopic (exact) mass is 289 g/mol. The number of benzene rings is 1. The minimum atomic E-state index is -0.0833. The minimum absolute atomic E-state index is 0.0833. The van der Waals surface area contributed by atoms with Gasteiger partial charge in [-0.2, -0.15) is 0 Å². The van der Waals surface area contributed by atoms with Gasteiger partial charge in [0.25, 0.3) is 0 Å². The zero-order valence-electron chi connectivity index (χ0n) is 13.7. The maximum atomic E-state index is 12.4. The first-order chi connectivity index (χ1) is 10.0. The lowest BCUT2D eigenvalue weighted by atomic mass is 9.88. The van der Waals surface area contributed by atoms with Crippen LogP contribution in [-0.2, 0) is 0 Å². The Morgan fingerprint density at radius 2 is 1.52 bits per heavy atom. The molecule has 1 aromatic rings. The first-order valence-corrected chi connectivity index (χ1v) is 7.94. The Balaban J connectivity index is 0.000000885. The standard InChI is InChI=1S/C16H24O.C3H6O/c1-3-5-10-14(11-6-4-2)16(17)15-12-8-7-9-13-15;1-3(2)4/h7-9,12-14H,3-6,10-11H2,1-2H3;4H,1H2,2H3/p-1. The van der Waals surface area contributed by atoms with Gasteiger partial charge in [0.1, 0.15) is 0 Å². The summed E-state index contributed by atoms with van der Waals surface area (Å²) in [5, 5.41) is 9.33. The number of carbonyl (C=O) groups excluding carboxylic acids is 1. The van der Waals surface area contributed by atoms with Gasteiger partial charge in [0, 0.05) is 11.5 Å². The van der Waals surface area contributed by atoms with Gasteiger partial charge in [0.05, 0.1) is 0 Å². The predicted molar refractivity (Wildman–Crippen MR) is 88.1 cm³/mol. The van der Waals surface area contributed by atoms with E-state index in [0.29, 0.717) is 5.78 Å². The molecule has 0 saturated carbocycles. The summed E-state index contributed by atoms with van der Waals surface area (Å²) in [4.78, 5) is 12.4. The fraction of sp³-hybridized carbons (Fsp3) is 0.526. The Morgan fingerprint density at radius 1 is 1.10 bits per heavy atom. The van der Waals surface area contributed by atoms with Crippen LogP contribution in [0.4, 0.5) is 0 Å². The van der Waals surface area contributed by atoms with E-state index in [1.165, 1.54) is 19.8 Å². The molecule has 0 fully saturated rings. The maximum Gasteiger partial charge on any atom is 0.165 e. The predicted octanol–water partition coefficient (Wildman–Crippen LogP) is 4.75. The van der Waals surface area contributed by atoms with E-state index in [0.717, 1.165) is 31.2 Å². The first kappa shape index (κ1) is 19.4. The van der Waals surface area contributed by atoms with Crippen LogP contribution in [0.25, 0.3) is 0 Å². The van der Waals surface area contributed by atoms with E-state index >= 15 is 0 Å². The number of hydrogen-bond donors (Lipinski definition) is 0. The third-order valence-corrected chi connectivity index (χ3v) is 3.24. The third kappa shape index (κ3) is 9.89. The largest absolute Gasteiger partial charge is 0.876 e. The molecular formula is C19H29O2-. The molecule has 0 aliphatic heterocycles. The molecule has 0 aliphatic carbocycles. The van der Waals surface area contributed by atoms with Gasteiger partial charge in [-0.15, -0.1) is 12.3 Å². The molecule has 0 spiro atoms. The Labute approximate surface area is 129 Å². The highest BCUT2D eigenvalue weighted by molar-refractivity contribution is 5.97. The minimum Gasteiger partial charge on any atom is -0.876 e. The molecule has 1 rings (SSSR count). The lowest BCUT2D eigenvalue weighted by molar-refractivity contribution is -0.300. The van der Waals surface area contributed by atoms with Crippen LogP contribution in [0.2, 0.25) is 0 Å². The van der Waals surface area contributed by atoms with Crippen molar-refractivity contribution in [2.75, 3.05) is 0 Å². The number of unbranched alkanes of at least 4 members (excludes halogenated alkanes) is 2. The van der Waals surface area contributed by atoms with Crippen molar-refractivity contribution in [2.45, 2.75) is 59.3 Å². The van der Waals surface area contributed by atoms with Crippen molar-refractivity contribution >= 4 is 5.78 Å². The van der Waals surface area contributed by atoms with E-state index in [1.807, 2.05) is 30.3 Å². The van der Waals surface area contributed by atoms with Gasteiger partial charge in [-0.25, -0.2) is 0 Å². The summed E-state index contributed by atoms with van der Waals surface area (Å²) in [7, 11) is 0. The van der Waals surface area contributed by atoms with E-state index in [-0.39, 0.29) is 11.7 Å². The maximum absolute atomic E-state index is 12.4. The van der Waals surface area contributed by atoms with Crippen LogP contribution in [0.5, 0.6) is 0 Å². The summed E-state index contributed by atoms with van der Waals surface area (Å²) in [5.41, 5.74) is 0.879. The molecule has 0 unspecified atom stereocenters. The average Bonchev–Trinajstić information content (AvgIpc) is 2.47. The van der Waals surface area contributed by atoms with E-state index in [9.17, 15) is 9.90 Å². The number of carbonyl (C=O) groups is 1. The molecule has 0 amide bonds. The molecule has 0 N–H and O–H groups in total. The van der Waals surface area contributed by atoms with Crippen LogP contribution in [0.15, 0.2) is 42.7 Å². The SMILES string of the molecule is C=C(C)[O-].CCCCC(CCCC)C(=O)c1ccccc1. The summed E-state index contributed by atoms with van der Waals surface area (Å²) < 4.78 is 0. The highest BCUT2D eigenvalue weighted by Crippen LogP contribution is 2.21. The quantitative estimate of drug-likeness (QED) is 0.512. The van der Waals surface area contributed by atoms with Gasteiger partial charge in [-0.1, -0.05) is 76.8 Å². The molecule has 118 valence electrons. The molecule has 0 atom stereocenters. The van der Waals surface area contributed by atoms with E-state index in [4.69, 9.17) is 0 Å². The summed E-state index contributed by atoms with van der Waals surface area (Å²) in [6, 6.07) is 9.73. The Kier molecular flexibility index (Phi) is 11.3. The zero-order chi connectivity index (χ0) is 16.1. The van der Waals surface area contributed by atoms with Crippen molar-refractivity contribution < 1.29 is 9.90 Å². The molecule has 2 heteroatoms. The molecule has 0 aromatic heterocycles. The molecule has 0 saturated heterocycles. The van der Waals surface area contributed by atoms with Crippen LogP contribution in [-0.4, -0.2) is 5.78 Å². The average molecular weight is 289 g/mol. The van der Waals surface area contributed by atoms with Crippen molar-refractivity contribution in [3.63, 3.8) is 0 Å². The Bertz CT molecular complexity index is 383. The molecule has 2 nitrogen and oxygen atoms in total. The highest BCUT2D eigenvalue weighted by atomic mass is 16.3. The van der Waals surface area contributed by atoms with Gasteiger partial charge in [0.15, 0.2) is 5.78 Å². The van der Waals surface area contributed by atoms with Crippen LogP contribution in [0, 0.1) is 5.92 Å².